The van der Waals surface area contributed by atoms with E-state index in [4.69, 9.17) is 23.7 Å². The molecule has 2 N–H and O–H groups in total. The summed E-state index contributed by atoms with van der Waals surface area (Å²) in [5.41, 5.74) is 2.19. The van der Waals surface area contributed by atoms with Gasteiger partial charge >= 0.3 is 18.0 Å². The van der Waals surface area contributed by atoms with Crippen molar-refractivity contribution in [1.29, 1.82) is 0 Å². The van der Waals surface area contributed by atoms with Crippen LogP contribution in [0, 0.1) is 0 Å². The predicted molar refractivity (Wildman–Crippen MR) is 226 cm³/mol. The van der Waals surface area contributed by atoms with Crippen LogP contribution < -0.4 is 34.3 Å². The number of hydrogen-bond acceptors (Lipinski definition) is 10. The summed E-state index contributed by atoms with van der Waals surface area (Å²) in [6, 6.07) is 27.6. The minimum atomic E-state index is -0.272. The van der Waals surface area contributed by atoms with Crippen LogP contribution in [0.5, 0.6) is 41.0 Å². The molecule has 0 unspecified atom stereocenters. The number of nitrogens with zero attached hydrogens (tertiary/aromatic N) is 3. The summed E-state index contributed by atoms with van der Waals surface area (Å²) in [6.45, 7) is 5.79. The fourth-order valence-corrected chi connectivity index (χ4v) is 5.88. The van der Waals surface area contributed by atoms with E-state index in [0.29, 0.717) is 47.2 Å². The maximum Gasteiger partial charge on any atom is 0.331 e. The zero-order valence-electron chi connectivity index (χ0n) is 33.8. The molecule has 0 saturated heterocycles. The van der Waals surface area contributed by atoms with Gasteiger partial charge in [-0.05, 0) is 110 Å². The van der Waals surface area contributed by atoms with Gasteiger partial charge in [0.05, 0.1) is 20.3 Å². The maximum absolute atomic E-state index is 12.9. The van der Waals surface area contributed by atoms with E-state index in [0.717, 1.165) is 24.3 Å². The molecule has 306 valence electrons. The molecule has 58 heavy (non-hydrogen) atoms. The molecule has 0 atom stereocenters. The van der Waals surface area contributed by atoms with E-state index in [1.807, 2.05) is 48.5 Å². The Morgan fingerprint density at radius 1 is 0.448 bits per heavy atom. The molecule has 0 fully saturated rings. The highest BCUT2D eigenvalue weighted by molar-refractivity contribution is 6.05. The Hall–Kier alpha value is -6.17. The lowest BCUT2D eigenvalue weighted by Gasteiger charge is -2.10. The predicted octanol–water partition coefficient (Wildman–Crippen LogP) is 11.4. The van der Waals surface area contributed by atoms with Crippen LogP contribution in [0.1, 0.15) is 112 Å². The van der Waals surface area contributed by atoms with Crippen LogP contribution in [-0.2, 0) is 0 Å². The lowest BCUT2D eigenvalue weighted by atomic mass is 10.1. The average Bonchev–Trinajstić information content (AvgIpc) is 3.24. The highest BCUT2D eigenvalue weighted by atomic mass is 16.5. The average molecular weight is 790 g/mol. The van der Waals surface area contributed by atoms with Crippen LogP contribution in [0.25, 0.3) is 0 Å². The number of carbonyl (C=O) groups is 2. The summed E-state index contributed by atoms with van der Waals surface area (Å²) in [6.07, 6.45) is 14.5. The summed E-state index contributed by atoms with van der Waals surface area (Å²) in [5, 5.41) is 5.81. The molecule has 0 aliphatic rings. The third-order valence-electron chi connectivity index (χ3n) is 9.17. The monoisotopic (exact) mass is 789 g/mol. The van der Waals surface area contributed by atoms with E-state index in [-0.39, 0.29) is 29.8 Å². The van der Waals surface area contributed by atoms with E-state index in [1.165, 1.54) is 71.3 Å². The Bertz CT molecular complexity index is 1830. The van der Waals surface area contributed by atoms with Crippen molar-refractivity contribution in [2.45, 2.75) is 90.9 Å². The topological polar surface area (TPSA) is 143 Å². The largest absolute Gasteiger partial charge is 0.494 e. The zero-order chi connectivity index (χ0) is 40.8. The van der Waals surface area contributed by atoms with Crippen molar-refractivity contribution in [3.8, 4) is 41.0 Å². The molecule has 0 aliphatic heterocycles. The number of anilines is 2. The number of aromatic nitrogens is 3. The Morgan fingerprint density at radius 3 is 1.17 bits per heavy atom. The van der Waals surface area contributed by atoms with Gasteiger partial charge in [-0.1, -0.05) is 78.1 Å². The van der Waals surface area contributed by atoms with E-state index in [1.54, 1.807) is 48.5 Å². The molecule has 2 amide bonds. The van der Waals surface area contributed by atoms with E-state index >= 15 is 0 Å². The van der Waals surface area contributed by atoms with Gasteiger partial charge in [0, 0.05) is 22.5 Å². The van der Waals surface area contributed by atoms with Crippen LogP contribution in [-0.4, -0.2) is 47.1 Å². The van der Waals surface area contributed by atoms with Gasteiger partial charge in [0.2, 0.25) is 0 Å². The second-order valence-electron chi connectivity index (χ2n) is 13.8. The maximum atomic E-state index is 12.9. The van der Waals surface area contributed by atoms with Gasteiger partial charge in [-0.25, -0.2) is 0 Å². The van der Waals surface area contributed by atoms with E-state index in [9.17, 15) is 9.59 Å². The summed E-state index contributed by atoms with van der Waals surface area (Å²) < 4.78 is 28.6. The van der Waals surface area contributed by atoms with E-state index in [2.05, 4.69) is 39.4 Å². The molecule has 0 spiro atoms. The third-order valence-corrected chi connectivity index (χ3v) is 9.17. The highest BCUT2D eigenvalue weighted by Gasteiger charge is 2.14. The summed E-state index contributed by atoms with van der Waals surface area (Å²) in [4.78, 5) is 38.5. The molecular weight excluding hydrogens is 735 g/mol. The van der Waals surface area contributed by atoms with Crippen LogP contribution in [0.4, 0.5) is 11.4 Å². The number of methoxy groups -OCH3 is 1. The van der Waals surface area contributed by atoms with Crippen LogP contribution >= 0.6 is 0 Å². The van der Waals surface area contributed by atoms with Gasteiger partial charge in [-0.15, -0.1) is 15.0 Å². The fourth-order valence-electron chi connectivity index (χ4n) is 5.88. The van der Waals surface area contributed by atoms with Crippen molar-refractivity contribution in [3.05, 3.63) is 108 Å². The van der Waals surface area contributed by atoms with Crippen molar-refractivity contribution < 1.29 is 33.3 Å². The second-order valence-corrected chi connectivity index (χ2v) is 13.8. The first-order valence-corrected chi connectivity index (χ1v) is 20.4. The minimum Gasteiger partial charge on any atom is -0.494 e. The smallest absolute Gasteiger partial charge is 0.331 e. The van der Waals surface area contributed by atoms with Gasteiger partial charge in [0.15, 0.2) is 0 Å². The van der Waals surface area contributed by atoms with Crippen LogP contribution in [0.2, 0.25) is 0 Å². The van der Waals surface area contributed by atoms with Crippen molar-refractivity contribution in [1.82, 2.24) is 15.0 Å². The van der Waals surface area contributed by atoms with Crippen LogP contribution in [0.15, 0.2) is 97.1 Å². The molecule has 4 aromatic carbocycles. The molecule has 0 bridgehead atoms. The number of nitrogens with one attached hydrogen (secondary N) is 2. The molecule has 1 aromatic heterocycles. The summed E-state index contributed by atoms with van der Waals surface area (Å²) in [5.74, 6) is 1.77. The SMILES string of the molecule is CCCCCCCCOc1ccc(NC(=O)c2ccc(Oc3nc(OC)nc(Oc4ccc(C(=O)Nc5ccc(OCCCCCCCC)cc5)cc4)n3)cc2)cc1. The summed E-state index contributed by atoms with van der Waals surface area (Å²) >= 11 is 0. The molecule has 12 heteroatoms. The summed E-state index contributed by atoms with van der Waals surface area (Å²) in [7, 11) is 1.41. The Labute approximate surface area is 341 Å². The fraction of sp³-hybridized carbons (Fsp3) is 0.370. The third kappa shape index (κ3) is 14.7. The van der Waals surface area contributed by atoms with Gasteiger partial charge in [0.1, 0.15) is 23.0 Å². The van der Waals surface area contributed by atoms with Crippen molar-refractivity contribution in [3.63, 3.8) is 0 Å². The number of ether oxygens (including phenoxy) is 5. The normalized spacial score (nSPS) is 10.7. The number of carbonyl (C=O) groups excluding carboxylic acids is 2. The number of benzene rings is 4. The minimum absolute atomic E-state index is 0.0235. The van der Waals surface area contributed by atoms with Gasteiger partial charge < -0.3 is 34.3 Å². The molecule has 5 aromatic rings. The molecule has 0 saturated carbocycles. The highest BCUT2D eigenvalue weighted by Crippen LogP contribution is 2.26. The molecular formula is C46H55N5O7. The Kier molecular flexibility index (Phi) is 17.6. The molecule has 1 heterocycles. The first-order chi connectivity index (χ1) is 28.4. The second kappa shape index (κ2) is 23.8. The van der Waals surface area contributed by atoms with Gasteiger partial charge in [-0.3, -0.25) is 9.59 Å². The lowest BCUT2D eigenvalue weighted by molar-refractivity contribution is 0.101. The van der Waals surface area contributed by atoms with Gasteiger partial charge in [-0.2, -0.15) is 0 Å². The Balaban J connectivity index is 1.07. The number of rotatable bonds is 25. The van der Waals surface area contributed by atoms with E-state index < -0.39 is 0 Å². The van der Waals surface area contributed by atoms with Gasteiger partial charge in [0.25, 0.3) is 11.8 Å². The first kappa shape index (κ1) is 43.0. The number of unbranched alkanes of at least 4 members (excludes halogenated alkanes) is 10. The molecule has 0 radical (unpaired) electrons. The zero-order valence-corrected chi connectivity index (χ0v) is 33.8. The Morgan fingerprint density at radius 2 is 0.793 bits per heavy atom. The lowest BCUT2D eigenvalue weighted by Crippen LogP contribution is -2.11. The molecule has 12 nitrogen and oxygen atoms in total. The number of amides is 2. The quantitative estimate of drug-likeness (QED) is 0.0548. The standard InChI is InChI=1S/C46H55N5O7/c1-4-6-8-10-12-14-32-55-38-28-20-36(21-29-38)47-42(52)34-16-24-40(25-17-34)57-45-49-44(54-3)50-46(51-45)58-41-26-18-35(19-27-41)43(53)48-37-22-30-39(31-23-37)56-33-15-13-11-9-7-5-2/h16-31H,4-15,32-33H2,1-3H3,(H,47,52)(H,48,53). The van der Waals surface area contributed by atoms with Crippen molar-refractivity contribution in [2.75, 3.05) is 31.0 Å². The first-order valence-electron chi connectivity index (χ1n) is 20.4. The molecule has 0 aliphatic carbocycles. The number of hydrogen-bond donors (Lipinski definition) is 2. The van der Waals surface area contributed by atoms with Crippen molar-refractivity contribution >= 4 is 23.2 Å². The van der Waals surface area contributed by atoms with Crippen LogP contribution in [0.3, 0.4) is 0 Å². The molecule has 5 rings (SSSR count). The van der Waals surface area contributed by atoms with Crippen molar-refractivity contribution in [2.24, 2.45) is 0 Å².